The van der Waals surface area contributed by atoms with Crippen LogP contribution in [0.1, 0.15) is 39.5 Å². The van der Waals surface area contributed by atoms with Crippen molar-refractivity contribution in [1.82, 2.24) is 5.32 Å². The predicted molar refractivity (Wildman–Crippen MR) is 59.5 cm³/mol. The summed E-state index contributed by atoms with van der Waals surface area (Å²) in [5.41, 5.74) is 5.64. The molecule has 0 spiro atoms. The zero-order chi connectivity index (χ0) is 11.3. The fourth-order valence-corrected chi connectivity index (χ4v) is 1.60. The van der Waals surface area contributed by atoms with Crippen LogP contribution >= 0.6 is 0 Å². The van der Waals surface area contributed by atoms with E-state index in [2.05, 4.69) is 12.2 Å². The molecule has 1 unspecified atom stereocenters. The minimum Gasteiger partial charge on any atom is -0.365 e. The van der Waals surface area contributed by atoms with E-state index in [0.717, 1.165) is 32.2 Å². The standard InChI is InChI=1S/C11H22N2O2/c1-3-4-5-13-11(14)8(2)15-10-6-9(12)7-10/h8-10H,3-7,12H2,1-2H3,(H,13,14). The average Bonchev–Trinajstić information content (AvgIpc) is 2.15. The number of unbranched alkanes of at least 4 members (excludes halogenated alkanes) is 1. The molecule has 1 aliphatic rings. The maximum Gasteiger partial charge on any atom is 0.248 e. The third-order valence-electron chi connectivity index (χ3n) is 2.73. The van der Waals surface area contributed by atoms with Gasteiger partial charge in [0.1, 0.15) is 6.10 Å². The molecule has 1 fully saturated rings. The Bertz CT molecular complexity index is 203. The topological polar surface area (TPSA) is 64.3 Å². The van der Waals surface area contributed by atoms with Crippen LogP contribution in [0.3, 0.4) is 0 Å². The molecule has 0 aliphatic heterocycles. The summed E-state index contributed by atoms with van der Waals surface area (Å²) in [4.78, 5) is 11.5. The molecule has 1 amide bonds. The van der Waals surface area contributed by atoms with E-state index in [4.69, 9.17) is 10.5 Å². The highest BCUT2D eigenvalue weighted by molar-refractivity contribution is 5.80. The van der Waals surface area contributed by atoms with Crippen molar-refractivity contribution in [2.75, 3.05) is 6.54 Å². The number of ether oxygens (including phenoxy) is 1. The van der Waals surface area contributed by atoms with Crippen molar-refractivity contribution in [3.8, 4) is 0 Å². The first-order valence-electron chi connectivity index (χ1n) is 5.82. The maximum atomic E-state index is 11.5. The molecule has 4 nitrogen and oxygen atoms in total. The van der Waals surface area contributed by atoms with Gasteiger partial charge in [-0.25, -0.2) is 0 Å². The van der Waals surface area contributed by atoms with Crippen LogP contribution in [0.25, 0.3) is 0 Å². The second-order valence-corrected chi connectivity index (χ2v) is 4.28. The summed E-state index contributed by atoms with van der Waals surface area (Å²) in [6.07, 6.45) is 3.71. The van der Waals surface area contributed by atoms with Crippen LogP contribution < -0.4 is 11.1 Å². The molecule has 1 rings (SSSR count). The van der Waals surface area contributed by atoms with Crippen LogP contribution in [0.4, 0.5) is 0 Å². The van der Waals surface area contributed by atoms with Crippen LogP contribution in [0.5, 0.6) is 0 Å². The van der Waals surface area contributed by atoms with E-state index < -0.39 is 0 Å². The average molecular weight is 214 g/mol. The van der Waals surface area contributed by atoms with Crippen LogP contribution in [0, 0.1) is 0 Å². The fourth-order valence-electron chi connectivity index (χ4n) is 1.60. The van der Waals surface area contributed by atoms with Gasteiger partial charge in [0.25, 0.3) is 0 Å². The molecule has 0 heterocycles. The number of hydrogen-bond acceptors (Lipinski definition) is 3. The van der Waals surface area contributed by atoms with Gasteiger partial charge in [0.05, 0.1) is 6.10 Å². The Balaban J connectivity index is 2.10. The SMILES string of the molecule is CCCCNC(=O)C(C)OC1CC(N)C1. The highest BCUT2D eigenvalue weighted by Crippen LogP contribution is 2.22. The number of carbonyl (C=O) groups excluding carboxylic acids is 1. The molecule has 0 bridgehead atoms. The van der Waals surface area contributed by atoms with E-state index >= 15 is 0 Å². The van der Waals surface area contributed by atoms with E-state index in [9.17, 15) is 4.79 Å². The van der Waals surface area contributed by atoms with Gasteiger partial charge >= 0.3 is 0 Å². The summed E-state index contributed by atoms with van der Waals surface area (Å²) in [6, 6.07) is 0.269. The summed E-state index contributed by atoms with van der Waals surface area (Å²) in [7, 11) is 0. The van der Waals surface area contributed by atoms with Crippen molar-refractivity contribution in [3.05, 3.63) is 0 Å². The first kappa shape index (κ1) is 12.5. The normalized spacial score (nSPS) is 26.9. The van der Waals surface area contributed by atoms with Gasteiger partial charge in [0, 0.05) is 12.6 Å². The second kappa shape index (κ2) is 6.08. The zero-order valence-corrected chi connectivity index (χ0v) is 9.66. The summed E-state index contributed by atoms with van der Waals surface area (Å²) >= 11 is 0. The summed E-state index contributed by atoms with van der Waals surface area (Å²) < 4.78 is 5.56. The van der Waals surface area contributed by atoms with Gasteiger partial charge in [-0.1, -0.05) is 13.3 Å². The summed E-state index contributed by atoms with van der Waals surface area (Å²) in [6.45, 7) is 4.64. The molecule has 0 saturated heterocycles. The molecule has 0 aromatic rings. The van der Waals surface area contributed by atoms with Crippen molar-refractivity contribution < 1.29 is 9.53 Å². The van der Waals surface area contributed by atoms with Crippen molar-refractivity contribution in [1.29, 1.82) is 0 Å². The predicted octanol–water partition coefficient (Wildman–Crippen LogP) is 0.797. The molecule has 0 aromatic carbocycles. The Morgan fingerprint density at radius 3 is 2.80 bits per heavy atom. The van der Waals surface area contributed by atoms with Crippen LogP contribution in [0.2, 0.25) is 0 Å². The molecule has 4 heteroatoms. The van der Waals surface area contributed by atoms with Crippen molar-refractivity contribution in [2.24, 2.45) is 5.73 Å². The Morgan fingerprint density at radius 2 is 2.27 bits per heavy atom. The van der Waals surface area contributed by atoms with Gasteiger partial charge < -0.3 is 15.8 Å². The molecule has 1 saturated carbocycles. The zero-order valence-electron chi connectivity index (χ0n) is 9.66. The lowest BCUT2D eigenvalue weighted by atomic mass is 9.90. The van der Waals surface area contributed by atoms with Gasteiger partial charge in [0.2, 0.25) is 5.91 Å². The highest BCUT2D eigenvalue weighted by atomic mass is 16.5. The van der Waals surface area contributed by atoms with Gasteiger partial charge in [-0.3, -0.25) is 4.79 Å². The van der Waals surface area contributed by atoms with Gasteiger partial charge in [-0.2, -0.15) is 0 Å². The van der Waals surface area contributed by atoms with Gasteiger partial charge in [-0.05, 0) is 26.2 Å². The van der Waals surface area contributed by atoms with E-state index in [1.807, 2.05) is 0 Å². The van der Waals surface area contributed by atoms with E-state index in [-0.39, 0.29) is 24.2 Å². The molecular formula is C11H22N2O2. The molecule has 3 N–H and O–H groups in total. The largest absolute Gasteiger partial charge is 0.365 e. The van der Waals surface area contributed by atoms with E-state index in [1.54, 1.807) is 6.92 Å². The van der Waals surface area contributed by atoms with Crippen molar-refractivity contribution >= 4 is 5.91 Å². The summed E-state index contributed by atoms with van der Waals surface area (Å²) in [5, 5.41) is 2.85. The molecule has 1 atom stereocenters. The maximum absolute atomic E-state index is 11.5. The van der Waals surface area contributed by atoms with Crippen LogP contribution in [0.15, 0.2) is 0 Å². The first-order chi connectivity index (χ1) is 7.13. The monoisotopic (exact) mass is 214 g/mol. The number of nitrogens with one attached hydrogen (secondary N) is 1. The smallest absolute Gasteiger partial charge is 0.248 e. The third kappa shape index (κ3) is 4.18. The minimum absolute atomic E-state index is 0.0103. The second-order valence-electron chi connectivity index (χ2n) is 4.28. The Labute approximate surface area is 91.5 Å². The van der Waals surface area contributed by atoms with Crippen LogP contribution in [-0.2, 0) is 9.53 Å². The van der Waals surface area contributed by atoms with Gasteiger partial charge in [-0.15, -0.1) is 0 Å². The molecule has 1 aliphatic carbocycles. The lowest BCUT2D eigenvalue weighted by Crippen LogP contribution is -2.46. The number of rotatable bonds is 6. The molecule has 0 radical (unpaired) electrons. The third-order valence-corrected chi connectivity index (χ3v) is 2.73. The first-order valence-corrected chi connectivity index (χ1v) is 5.82. The Morgan fingerprint density at radius 1 is 1.60 bits per heavy atom. The molecule has 15 heavy (non-hydrogen) atoms. The summed E-state index contributed by atoms with van der Waals surface area (Å²) in [5.74, 6) is -0.0103. The number of hydrogen-bond donors (Lipinski definition) is 2. The number of nitrogens with two attached hydrogens (primary N) is 1. The fraction of sp³-hybridized carbons (Fsp3) is 0.909. The van der Waals surface area contributed by atoms with Crippen molar-refractivity contribution in [3.63, 3.8) is 0 Å². The minimum atomic E-state index is -0.348. The van der Waals surface area contributed by atoms with E-state index in [0.29, 0.717) is 0 Å². The number of amides is 1. The molecule has 0 aromatic heterocycles. The Hall–Kier alpha value is -0.610. The highest BCUT2D eigenvalue weighted by Gasteiger charge is 2.29. The number of carbonyl (C=O) groups is 1. The lowest BCUT2D eigenvalue weighted by molar-refractivity contribution is -0.139. The van der Waals surface area contributed by atoms with Crippen molar-refractivity contribution in [2.45, 2.75) is 57.8 Å². The van der Waals surface area contributed by atoms with Crippen LogP contribution in [-0.4, -0.2) is 30.7 Å². The quantitative estimate of drug-likeness (QED) is 0.643. The molecular weight excluding hydrogens is 192 g/mol. The van der Waals surface area contributed by atoms with E-state index in [1.165, 1.54) is 0 Å². The lowest BCUT2D eigenvalue weighted by Gasteiger charge is -2.33. The Kier molecular flexibility index (Phi) is 5.05. The van der Waals surface area contributed by atoms with Gasteiger partial charge in [0.15, 0.2) is 0 Å². The molecule has 88 valence electrons.